The molecule has 2 aromatic carbocycles. The molecule has 0 aliphatic rings. The molecule has 17 heavy (non-hydrogen) atoms. The molecule has 0 fully saturated rings. The van der Waals surface area contributed by atoms with Gasteiger partial charge in [0.05, 0.1) is 0 Å². The van der Waals surface area contributed by atoms with Crippen LogP contribution in [0.2, 0.25) is 0 Å². The average Bonchev–Trinajstić information content (AvgIpc) is 2.34. The van der Waals surface area contributed by atoms with Crippen LogP contribution in [0.25, 0.3) is 0 Å². The predicted octanol–water partition coefficient (Wildman–Crippen LogP) is 3.55. The number of nitrogens with two attached hydrogens (primary N) is 1. The molecular weight excluding hydrogens is 210 g/mol. The summed E-state index contributed by atoms with van der Waals surface area (Å²) >= 11 is 0. The molecule has 0 aliphatic carbocycles. The summed E-state index contributed by atoms with van der Waals surface area (Å²) < 4.78 is 5.90. The van der Waals surface area contributed by atoms with E-state index in [0.29, 0.717) is 6.54 Å². The van der Waals surface area contributed by atoms with Crippen LogP contribution in [0.3, 0.4) is 0 Å². The molecule has 88 valence electrons. The number of hydrogen-bond acceptors (Lipinski definition) is 2. The van der Waals surface area contributed by atoms with Gasteiger partial charge >= 0.3 is 0 Å². The van der Waals surface area contributed by atoms with E-state index in [1.807, 2.05) is 50.2 Å². The molecular formula is C15H17NO. The Morgan fingerprint density at radius 2 is 1.65 bits per heavy atom. The molecule has 2 rings (SSSR count). The normalized spacial score (nSPS) is 10.3. The quantitative estimate of drug-likeness (QED) is 0.870. The van der Waals surface area contributed by atoms with Gasteiger partial charge < -0.3 is 10.5 Å². The Labute approximate surface area is 102 Å². The lowest BCUT2D eigenvalue weighted by atomic mass is 10.1. The van der Waals surface area contributed by atoms with E-state index < -0.39 is 0 Å². The summed E-state index contributed by atoms with van der Waals surface area (Å²) in [5.74, 6) is 1.78. The van der Waals surface area contributed by atoms with E-state index in [2.05, 4.69) is 6.07 Å². The van der Waals surface area contributed by atoms with Gasteiger partial charge in [0, 0.05) is 6.54 Å². The maximum Gasteiger partial charge on any atom is 0.130 e. The van der Waals surface area contributed by atoms with Gasteiger partial charge in [0.2, 0.25) is 0 Å². The van der Waals surface area contributed by atoms with E-state index in [1.54, 1.807) is 0 Å². The third-order valence-corrected chi connectivity index (χ3v) is 2.79. The second-order valence-corrected chi connectivity index (χ2v) is 4.17. The summed E-state index contributed by atoms with van der Waals surface area (Å²) in [5, 5.41) is 0. The minimum atomic E-state index is 0.561. The van der Waals surface area contributed by atoms with E-state index in [0.717, 1.165) is 28.2 Å². The Bertz CT molecular complexity index is 520. The first kappa shape index (κ1) is 11.7. The second kappa shape index (κ2) is 5.02. The van der Waals surface area contributed by atoms with Crippen molar-refractivity contribution >= 4 is 0 Å². The van der Waals surface area contributed by atoms with Gasteiger partial charge in [-0.3, -0.25) is 0 Å². The summed E-state index contributed by atoms with van der Waals surface area (Å²) in [6.45, 7) is 4.64. The van der Waals surface area contributed by atoms with Crippen LogP contribution in [0.1, 0.15) is 16.7 Å². The summed E-state index contributed by atoms with van der Waals surface area (Å²) in [4.78, 5) is 0. The van der Waals surface area contributed by atoms with Gasteiger partial charge in [-0.15, -0.1) is 0 Å². The monoisotopic (exact) mass is 227 g/mol. The maximum absolute atomic E-state index is 5.90. The van der Waals surface area contributed by atoms with Gasteiger partial charge in [0.15, 0.2) is 0 Å². The fourth-order valence-electron chi connectivity index (χ4n) is 1.74. The van der Waals surface area contributed by atoms with Crippen molar-refractivity contribution in [2.24, 2.45) is 5.73 Å². The van der Waals surface area contributed by atoms with Crippen LogP contribution >= 0.6 is 0 Å². The topological polar surface area (TPSA) is 35.2 Å². The third-order valence-electron chi connectivity index (χ3n) is 2.79. The lowest BCUT2D eigenvalue weighted by Crippen LogP contribution is -1.97. The largest absolute Gasteiger partial charge is 0.457 e. The van der Waals surface area contributed by atoms with Crippen LogP contribution in [0.15, 0.2) is 42.5 Å². The first-order chi connectivity index (χ1) is 8.20. The molecule has 0 saturated carbocycles. The third kappa shape index (κ3) is 2.66. The number of hydrogen-bond donors (Lipinski definition) is 1. The lowest BCUT2D eigenvalue weighted by molar-refractivity contribution is 0.475. The molecule has 0 unspecified atom stereocenters. The number of ether oxygens (including phenoxy) is 1. The van der Waals surface area contributed by atoms with E-state index in [9.17, 15) is 0 Å². The van der Waals surface area contributed by atoms with Crippen LogP contribution in [-0.4, -0.2) is 0 Å². The summed E-state index contributed by atoms with van der Waals surface area (Å²) in [7, 11) is 0. The van der Waals surface area contributed by atoms with E-state index in [1.165, 1.54) is 0 Å². The van der Waals surface area contributed by atoms with Gasteiger partial charge in [0.1, 0.15) is 11.5 Å². The molecule has 0 saturated heterocycles. The highest BCUT2D eigenvalue weighted by Crippen LogP contribution is 2.27. The molecule has 2 N–H and O–H groups in total. The summed E-state index contributed by atoms with van der Waals surface area (Å²) in [6.07, 6.45) is 0. The maximum atomic E-state index is 5.90. The molecule has 0 spiro atoms. The van der Waals surface area contributed by atoms with Crippen molar-refractivity contribution in [1.29, 1.82) is 0 Å². The van der Waals surface area contributed by atoms with E-state index in [4.69, 9.17) is 10.5 Å². The molecule has 2 nitrogen and oxygen atoms in total. The molecule has 0 heterocycles. The Balaban J connectivity index is 2.28. The molecule has 0 atom stereocenters. The van der Waals surface area contributed by atoms with Crippen molar-refractivity contribution in [3.05, 3.63) is 59.2 Å². The zero-order valence-corrected chi connectivity index (χ0v) is 10.2. The van der Waals surface area contributed by atoms with Gasteiger partial charge in [-0.2, -0.15) is 0 Å². The van der Waals surface area contributed by atoms with Crippen molar-refractivity contribution in [2.45, 2.75) is 20.4 Å². The zero-order valence-electron chi connectivity index (χ0n) is 10.2. The van der Waals surface area contributed by atoms with Crippen molar-refractivity contribution < 1.29 is 4.74 Å². The fourth-order valence-corrected chi connectivity index (χ4v) is 1.74. The van der Waals surface area contributed by atoms with Crippen LogP contribution in [0, 0.1) is 13.8 Å². The molecule has 0 amide bonds. The number of benzene rings is 2. The van der Waals surface area contributed by atoms with Gasteiger partial charge in [-0.25, -0.2) is 0 Å². The Morgan fingerprint density at radius 3 is 2.29 bits per heavy atom. The zero-order chi connectivity index (χ0) is 12.3. The van der Waals surface area contributed by atoms with Crippen molar-refractivity contribution in [3.63, 3.8) is 0 Å². The molecule has 2 heteroatoms. The molecule has 0 bridgehead atoms. The average molecular weight is 227 g/mol. The van der Waals surface area contributed by atoms with Crippen LogP contribution < -0.4 is 10.5 Å². The fraction of sp³-hybridized carbons (Fsp3) is 0.200. The minimum Gasteiger partial charge on any atom is -0.457 e. The molecule has 0 radical (unpaired) electrons. The Hall–Kier alpha value is -1.80. The van der Waals surface area contributed by atoms with Crippen molar-refractivity contribution in [1.82, 2.24) is 0 Å². The SMILES string of the molecule is Cc1ccccc1Oc1ccc(CN)cc1C. The molecule has 0 aliphatic heterocycles. The van der Waals surface area contributed by atoms with E-state index >= 15 is 0 Å². The van der Waals surface area contributed by atoms with Gasteiger partial charge in [-0.05, 0) is 42.7 Å². The highest BCUT2D eigenvalue weighted by atomic mass is 16.5. The predicted molar refractivity (Wildman–Crippen MR) is 70.3 cm³/mol. The Morgan fingerprint density at radius 1 is 0.941 bits per heavy atom. The Kier molecular flexibility index (Phi) is 3.45. The summed E-state index contributed by atoms with van der Waals surface area (Å²) in [6, 6.07) is 14.0. The number of para-hydroxylation sites is 1. The number of aryl methyl sites for hydroxylation is 2. The lowest BCUT2D eigenvalue weighted by Gasteiger charge is -2.11. The van der Waals surface area contributed by atoms with Gasteiger partial charge in [-0.1, -0.05) is 30.3 Å². The first-order valence-electron chi connectivity index (χ1n) is 5.74. The van der Waals surface area contributed by atoms with Gasteiger partial charge in [0.25, 0.3) is 0 Å². The smallest absolute Gasteiger partial charge is 0.130 e. The second-order valence-electron chi connectivity index (χ2n) is 4.17. The van der Waals surface area contributed by atoms with E-state index in [-0.39, 0.29) is 0 Å². The first-order valence-corrected chi connectivity index (χ1v) is 5.74. The minimum absolute atomic E-state index is 0.561. The highest BCUT2D eigenvalue weighted by Gasteiger charge is 2.04. The van der Waals surface area contributed by atoms with Crippen molar-refractivity contribution in [3.8, 4) is 11.5 Å². The number of rotatable bonds is 3. The van der Waals surface area contributed by atoms with Crippen LogP contribution in [-0.2, 0) is 6.54 Å². The van der Waals surface area contributed by atoms with Crippen molar-refractivity contribution in [2.75, 3.05) is 0 Å². The van der Waals surface area contributed by atoms with Crippen LogP contribution in [0.5, 0.6) is 11.5 Å². The molecule has 2 aromatic rings. The van der Waals surface area contributed by atoms with Crippen LogP contribution in [0.4, 0.5) is 0 Å². The highest BCUT2D eigenvalue weighted by molar-refractivity contribution is 5.42. The molecule has 0 aromatic heterocycles. The summed E-state index contributed by atoms with van der Waals surface area (Å²) in [5.41, 5.74) is 8.97. The standard InChI is InChI=1S/C15H17NO/c1-11-5-3-4-6-14(11)17-15-8-7-13(10-16)9-12(15)2/h3-9H,10,16H2,1-2H3.